The summed E-state index contributed by atoms with van der Waals surface area (Å²) in [4.78, 5) is 0. The molecule has 80 valence electrons. The van der Waals surface area contributed by atoms with Gasteiger partial charge >= 0.3 is 0 Å². The van der Waals surface area contributed by atoms with Crippen molar-refractivity contribution >= 4 is 0 Å². The molecule has 1 atom stereocenters. The minimum Gasteiger partial charge on any atom is -0.488 e. The number of benzene rings is 1. The van der Waals surface area contributed by atoms with Gasteiger partial charge < -0.3 is 9.84 Å². The molecule has 0 aromatic heterocycles. The van der Waals surface area contributed by atoms with Gasteiger partial charge in [0.1, 0.15) is 18.5 Å². The summed E-state index contributed by atoms with van der Waals surface area (Å²) in [5.74, 6) is -1.68. The Balaban J connectivity index is 2.55. The van der Waals surface area contributed by atoms with Gasteiger partial charge in [-0.15, -0.1) is 0 Å². The lowest BCUT2D eigenvalue weighted by atomic mass is 10.3. The molecule has 1 N–H and O–H groups in total. The van der Waals surface area contributed by atoms with Crippen LogP contribution in [0.1, 0.15) is 6.42 Å². The van der Waals surface area contributed by atoms with E-state index in [2.05, 4.69) is 0 Å². The molecule has 5 heteroatoms. The van der Waals surface area contributed by atoms with E-state index in [4.69, 9.17) is 15.1 Å². The van der Waals surface area contributed by atoms with Gasteiger partial charge in [0.2, 0.25) is 0 Å². The fourth-order valence-corrected chi connectivity index (χ4v) is 0.943. The lowest BCUT2D eigenvalue weighted by Gasteiger charge is -2.09. The number of halogens is 2. The summed E-state index contributed by atoms with van der Waals surface area (Å²) in [6.45, 7) is -0.198. The zero-order chi connectivity index (χ0) is 11.3. The molecule has 0 saturated heterocycles. The van der Waals surface area contributed by atoms with Crippen LogP contribution in [0.15, 0.2) is 18.2 Å². The Bertz CT molecular complexity index is 376. The minimum absolute atomic E-state index is 0.0944. The Labute approximate surface area is 85.5 Å². The van der Waals surface area contributed by atoms with Crippen LogP contribution in [0.25, 0.3) is 0 Å². The smallest absolute Gasteiger partial charge is 0.167 e. The molecule has 15 heavy (non-hydrogen) atoms. The van der Waals surface area contributed by atoms with Crippen LogP contribution in [0.5, 0.6) is 5.75 Å². The Morgan fingerprint density at radius 3 is 2.80 bits per heavy atom. The zero-order valence-corrected chi connectivity index (χ0v) is 7.78. The van der Waals surface area contributed by atoms with E-state index in [-0.39, 0.29) is 18.8 Å². The van der Waals surface area contributed by atoms with E-state index in [9.17, 15) is 8.78 Å². The predicted molar refractivity (Wildman–Crippen MR) is 48.1 cm³/mol. The molecule has 0 aliphatic carbocycles. The van der Waals surface area contributed by atoms with E-state index in [1.807, 2.05) is 0 Å². The number of rotatable bonds is 4. The molecule has 0 fully saturated rings. The maximum atomic E-state index is 13.0. The van der Waals surface area contributed by atoms with E-state index in [0.717, 1.165) is 12.1 Å². The van der Waals surface area contributed by atoms with Crippen molar-refractivity contribution in [3.05, 3.63) is 29.8 Å². The highest BCUT2D eigenvalue weighted by Crippen LogP contribution is 2.17. The molecule has 1 aromatic rings. The van der Waals surface area contributed by atoms with Crippen molar-refractivity contribution in [3.63, 3.8) is 0 Å². The van der Waals surface area contributed by atoms with Crippen LogP contribution in [-0.4, -0.2) is 17.8 Å². The lowest BCUT2D eigenvalue weighted by molar-refractivity contribution is 0.109. The SMILES string of the molecule is N#CCC(O)COc1ccc(F)cc1F. The monoisotopic (exact) mass is 213 g/mol. The molecule has 3 nitrogen and oxygen atoms in total. The van der Waals surface area contributed by atoms with Gasteiger partial charge in [0.25, 0.3) is 0 Å². The lowest BCUT2D eigenvalue weighted by Crippen LogP contribution is -2.17. The Morgan fingerprint density at radius 2 is 2.20 bits per heavy atom. The third kappa shape index (κ3) is 3.52. The van der Waals surface area contributed by atoms with E-state index in [1.165, 1.54) is 0 Å². The van der Waals surface area contributed by atoms with Crippen LogP contribution in [0.2, 0.25) is 0 Å². The van der Waals surface area contributed by atoms with Crippen LogP contribution in [0.3, 0.4) is 0 Å². The highest BCUT2D eigenvalue weighted by Gasteiger charge is 2.08. The molecule has 0 radical (unpaired) electrons. The van der Waals surface area contributed by atoms with Crippen molar-refractivity contribution in [2.75, 3.05) is 6.61 Å². The molecule has 1 rings (SSSR count). The highest BCUT2D eigenvalue weighted by molar-refractivity contribution is 5.24. The Hall–Kier alpha value is -1.67. The molecule has 0 heterocycles. The third-order valence-corrected chi connectivity index (χ3v) is 1.65. The second-order valence-electron chi connectivity index (χ2n) is 2.90. The van der Waals surface area contributed by atoms with Gasteiger partial charge in [-0.2, -0.15) is 5.26 Å². The molecular formula is C10H9F2NO2. The molecular weight excluding hydrogens is 204 g/mol. The van der Waals surface area contributed by atoms with Crippen molar-refractivity contribution in [3.8, 4) is 11.8 Å². The van der Waals surface area contributed by atoms with Crippen molar-refractivity contribution < 1.29 is 18.6 Å². The standard InChI is InChI=1S/C10H9F2NO2/c11-7-1-2-10(9(12)5-7)15-6-8(14)3-4-13/h1-2,5,8,14H,3,6H2. The molecule has 0 amide bonds. The number of nitrogens with zero attached hydrogens (tertiary/aromatic N) is 1. The normalized spacial score (nSPS) is 11.9. The third-order valence-electron chi connectivity index (χ3n) is 1.65. The second-order valence-corrected chi connectivity index (χ2v) is 2.90. The van der Waals surface area contributed by atoms with Crippen LogP contribution in [0, 0.1) is 23.0 Å². The van der Waals surface area contributed by atoms with Gasteiger partial charge in [0.05, 0.1) is 12.5 Å². The zero-order valence-electron chi connectivity index (χ0n) is 7.78. The van der Waals surface area contributed by atoms with E-state index >= 15 is 0 Å². The summed E-state index contributed by atoms with van der Waals surface area (Å²) < 4.78 is 30.3. The topological polar surface area (TPSA) is 53.2 Å². The maximum Gasteiger partial charge on any atom is 0.167 e. The Kier molecular flexibility index (Phi) is 4.01. The largest absolute Gasteiger partial charge is 0.488 e. The number of hydrogen-bond acceptors (Lipinski definition) is 3. The van der Waals surface area contributed by atoms with Crippen molar-refractivity contribution in [1.29, 1.82) is 5.26 Å². The number of aliphatic hydroxyl groups excluding tert-OH is 1. The number of hydrogen-bond donors (Lipinski definition) is 1. The van der Waals surface area contributed by atoms with Gasteiger partial charge in [0.15, 0.2) is 11.6 Å². The summed E-state index contributed by atoms with van der Waals surface area (Å²) in [6, 6.07) is 4.61. The van der Waals surface area contributed by atoms with Crippen molar-refractivity contribution in [2.45, 2.75) is 12.5 Å². The van der Waals surface area contributed by atoms with Gasteiger partial charge in [-0.25, -0.2) is 8.78 Å². The molecule has 0 saturated carbocycles. The Morgan fingerprint density at radius 1 is 1.47 bits per heavy atom. The van der Waals surface area contributed by atoms with E-state index < -0.39 is 17.7 Å². The molecule has 1 unspecified atom stereocenters. The second kappa shape index (κ2) is 5.27. The number of ether oxygens (including phenoxy) is 1. The summed E-state index contributed by atoms with van der Waals surface area (Å²) in [7, 11) is 0. The van der Waals surface area contributed by atoms with Gasteiger partial charge in [-0.1, -0.05) is 0 Å². The fraction of sp³-hybridized carbons (Fsp3) is 0.300. The maximum absolute atomic E-state index is 13.0. The van der Waals surface area contributed by atoms with E-state index in [0.29, 0.717) is 6.07 Å². The summed E-state index contributed by atoms with van der Waals surface area (Å²) in [5.41, 5.74) is 0. The first kappa shape index (κ1) is 11.4. The number of aliphatic hydroxyl groups is 1. The first-order chi connectivity index (χ1) is 7.13. The van der Waals surface area contributed by atoms with E-state index in [1.54, 1.807) is 6.07 Å². The number of nitriles is 1. The quantitative estimate of drug-likeness (QED) is 0.826. The summed E-state index contributed by atoms with van der Waals surface area (Å²) in [5, 5.41) is 17.3. The summed E-state index contributed by atoms with van der Waals surface area (Å²) >= 11 is 0. The van der Waals surface area contributed by atoms with Crippen LogP contribution < -0.4 is 4.74 Å². The van der Waals surface area contributed by atoms with Crippen LogP contribution in [-0.2, 0) is 0 Å². The average Bonchev–Trinajstić information content (AvgIpc) is 2.17. The molecule has 0 bridgehead atoms. The van der Waals surface area contributed by atoms with Gasteiger partial charge in [-0.3, -0.25) is 0 Å². The average molecular weight is 213 g/mol. The summed E-state index contributed by atoms with van der Waals surface area (Å²) in [6.07, 6.45) is -1.07. The van der Waals surface area contributed by atoms with Crippen LogP contribution in [0.4, 0.5) is 8.78 Å². The predicted octanol–water partition coefficient (Wildman–Crippen LogP) is 1.62. The fourth-order valence-electron chi connectivity index (χ4n) is 0.943. The first-order valence-corrected chi connectivity index (χ1v) is 4.26. The van der Waals surface area contributed by atoms with Crippen LogP contribution >= 0.6 is 0 Å². The molecule has 1 aromatic carbocycles. The molecule has 0 aliphatic heterocycles. The van der Waals surface area contributed by atoms with Gasteiger partial charge in [-0.05, 0) is 12.1 Å². The van der Waals surface area contributed by atoms with Crippen molar-refractivity contribution in [1.82, 2.24) is 0 Å². The van der Waals surface area contributed by atoms with Crippen molar-refractivity contribution in [2.24, 2.45) is 0 Å². The molecule has 0 aliphatic rings. The highest BCUT2D eigenvalue weighted by atomic mass is 19.1. The molecule has 0 spiro atoms. The minimum atomic E-state index is -0.973. The van der Waals surface area contributed by atoms with Gasteiger partial charge in [0, 0.05) is 6.07 Å². The first-order valence-electron chi connectivity index (χ1n) is 4.26.